The Bertz CT molecular complexity index is 948. The van der Waals surface area contributed by atoms with E-state index in [2.05, 4.69) is 15.0 Å². The first-order valence-electron chi connectivity index (χ1n) is 7.22. The Balaban J connectivity index is 1.96. The molecule has 8 heteroatoms. The van der Waals surface area contributed by atoms with Gasteiger partial charge in [0.15, 0.2) is 11.5 Å². The van der Waals surface area contributed by atoms with E-state index in [0.29, 0.717) is 52.3 Å². The number of fused-ring (bicyclic) bond motifs is 2. The van der Waals surface area contributed by atoms with Crippen LogP contribution in [0.15, 0.2) is 24.5 Å². The fourth-order valence-corrected chi connectivity index (χ4v) is 2.92. The molecule has 0 spiro atoms. The fraction of sp³-hybridized carbons (Fsp3) is 0.188. The molecule has 0 fully saturated rings. The average molecular weight is 345 g/mol. The second-order valence-corrected chi connectivity index (χ2v) is 5.53. The van der Waals surface area contributed by atoms with E-state index in [1.807, 2.05) is 6.07 Å². The number of hydrogen-bond acceptors (Lipinski definition) is 7. The van der Waals surface area contributed by atoms with Crippen LogP contribution in [0.25, 0.3) is 22.2 Å². The highest BCUT2D eigenvalue weighted by atomic mass is 35.5. The van der Waals surface area contributed by atoms with Gasteiger partial charge in [0.05, 0.1) is 35.1 Å². The number of aromatic nitrogens is 3. The van der Waals surface area contributed by atoms with Crippen molar-refractivity contribution in [3.63, 3.8) is 0 Å². The molecule has 1 aliphatic heterocycles. The summed E-state index contributed by atoms with van der Waals surface area (Å²) in [6.07, 6.45) is 3.26. The number of nitrogen functional groups attached to an aromatic ring is 1. The molecule has 0 unspecified atom stereocenters. The number of ether oxygens (including phenoxy) is 3. The van der Waals surface area contributed by atoms with Gasteiger partial charge in [0, 0.05) is 17.6 Å². The zero-order valence-corrected chi connectivity index (χ0v) is 13.5. The lowest BCUT2D eigenvalue weighted by molar-refractivity contribution is 0.171. The molecule has 0 atom stereocenters. The van der Waals surface area contributed by atoms with E-state index in [4.69, 9.17) is 31.5 Å². The Morgan fingerprint density at radius 2 is 2.00 bits per heavy atom. The molecule has 0 bridgehead atoms. The molecule has 3 aromatic rings. The molecule has 0 saturated carbocycles. The minimum absolute atomic E-state index is 0.200. The van der Waals surface area contributed by atoms with Crippen molar-refractivity contribution in [2.24, 2.45) is 0 Å². The number of rotatable bonds is 2. The number of nitrogens with zero attached hydrogens (tertiary/aromatic N) is 3. The lowest BCUT2D eigenvalue weighted by Gasteiger charge is -2.23. The normalized spacial score (nSPS) is 13.1. The van der Waals surface area contributed by atoms with E-state index in [-0.39, 0.29) is 5.95 Å². The lowest BCUT2D eigenvalue weighted by Crippen LogP contribution is -2.16. The minimum Gasteiger partial charge on any atom is -0.495 e. The van der Waals surface area contributed by atoms with Crippen LogP contribution in [0.5, 0.6) is 17.2 Å². The summed E-state index contributed by atoms with van der Waals surface area (Å²) in [5, 5.41) is 1.20. The van der Waals surface area contributed by atoms with Crippen LogP contribution >= 0.6 is 11.6 Å². The number of methoxy groups -OCH3 is 1. The van der Waals surface area contributed by atoms with E-state index >= 15 is 0 Å². The van der Waals surface area contributed by atoms with Crippen LogP contribution in [0.2, 0.25) is 5.02 Å². The van der Waals surface area contributed by atoms with Crippen molar-refractivity contribution in [1.29, 1.82) is 0 Å². The van der Waals surface area contributed by atoms with Crippen molar-refractivity contribution in [1.82, 2.24) is 15.0 Å². The minimum atomic E-state index is 0.200. The van der Waals surface area contributed by atoms with Crippen LogP contribution in [0.4, 0.5) is 5.95 Å². The maximum Gasteiger partial charge on any atom is 0.220 e. The van der Waals surface area contributed by atoms with Crippen molar-refractivity contribution in [2.75, 3.05) is 26.1 Å². The van der Waals surface area contributed by atoms with Gasteiger partial charge in [-0.3, -0.25) is 4.98 Å². The Hall–Kier alpha value is -2.80. The fourth-order valence-electron chi connectivity index (χ4n) is 2.60. The van der Waals surface area contributed by atoms with Crippen LogP contribution in [0.1, 0.15) is 0 Å². The SMILES string of the molecule is COc1cc2c(c(-c3cc4cnc(N)nc4cn3)c1Cl)OCCO2. The standard InChI is InChI=1S/C16H13ClN4O3/c1-22-11-5-12-15(24-3-2-23-12)13(14(11)17)9-4-8-6-20-16(18)21-10(8)7-19-9/h4-7H,2-3H2,1H3,(H2,18,20,21). The molecule has 0 radical (unpaired) electrons. The zero-order chi connectivity index (χ0) is 16.7. The first-order valence-corrected chi connectivity index (χ1v) is 7.60. The number of nitrogens with two attached hydrogens (primary N) is 1. The van der Waals surface area contributed by atoms with Gasteiger partial charge in [0.2, 0.25) is 5.95 Å². The Kier molecular flexibility index (Phi) is 3.50. The molecule has 0 amide bonds. The average Bonchev–Trinajstić information content (AvgIpc) is 2.61. The highest BCUT2D eigenvalue weighted by Gasteiger charge is 2.25. The second kappa shape index (κ2) is 5.68. The van der Waals surface area contributed by atoms with Gasteiger partial charge >= 0.3 is 0 Å². The van der Waals surface area contributed by atoms with Gasteiger partial charge in [-0.1, -0.05) is 11.6 Å². The molecule has 2 aromatic heterocycles. The molecule has 4 rings (SSSR count). The summed E-state index contributed by atoms with van der Waals surface area (Å²) in [7, 11) is 1.55. The van der Waals surface area contributed by atoms with Gasteiger partial charge in [0.1, 0.15) is 19.0 Å². The number of anilines is 1. The maximum atomic E-state index is 6.51. The smallest absolute Gasteiger partial charge is 0.220 e. The van der Waals surface area contributed by atoms with Gasteiger partial charge in [0.25, 0.3) is 0 Å². The maximum absolute atomic E-state index is 6.51. The third-order valence-corrected chi connectivity index (χ3v) is 4.07. The molecular formula is C16H13ClN4O3. The summed E-state index contributed by atoms with van der Waals surface area (Å²) in [5.41, 5.74) is 7.48. The van der Waals surface area contributed by atoms with E-state index in [0.717, 1.165) is 5.39 Å². The second-order valence-electron chi connectivity index (χ2n) is 5.15. The third-order valence-electron chi connectivity index (χ3n) is 3.70. The zero-order valence-electron chi connectivity index (χ0n) is 12.7. The van der Waals surface area contributed by atoms with Crippen LogP contribution in [0.3, 0.4) is 0 Å². The van der Waals surface area contributed by atoms with Crippen LogP contribution < -0.4 is 19.9 Å². The number of halogens is 1. The van der Waals surface area contributed by atoms with Crippen molar-refractivity contribution in [2.45, 2.75) is 0 Å². The van der Waals surface area contributed by atoms with E-state index in [1.54, 1.807) is 25.6 Å². The summed E-state index contributed by atoms with van der Waals surface area (Å²) >= 11 is 6.51. The summed E-state index contributed by atoms with van der Waals surface area (Å²) in [6, 6.07) is 3.54. The number of benzene rings is 1. The highest BCUT2D eigenvalue weighted by Crippen LogP contribution is 2.48. The van der Waals surface area contributed by atoms with Crippen molar-refractivity contribution in [3.05, 3.63) is 29.5 Å². The summed E-state index contributed by atoms with van der Waals surface area (Å²) in [4.78, 5) is 12.6. The van der Waals surface area contributed by atoms with Crippen molar-refractivity contribution in [3.8, 4) is 28.5 Å². The molecule has 0 saturated heterocycles. The monoisotopic (exact) mass is 344 g/mol. The van der Waals surface area contributed by atoms with Crippen molar-refractivity contribution >= 4 is 28.5 Å². The molecule has 1 aliphatic rings. The molecule has 122 valence electrons. The van der Waals surface area contributed by atoms with Crippen LogP contribution in [-0.2, 0) is 0 Å². The third kappa shape index (κ3) is 2.33. The van der Waals surface area contributed by atoms with E-state index < -0.39 is 0 Å². The van der Waals surface area contributed by atoms with Gasteiger partial charge in [-0.15, -0.1) is 0 Å². The first-order chi connectivity index (χ1) is 11.7. The molecule has 0 aliphatic carbocycles. The molecule has 7 nitrogen and oxygen atoms in total. The Morgan fingerprint density at radius 3 is 2.83 bits per heavy atom. The summed E-state index contributed by atoms with van der Waals surface area (Å²) in [5.74, 6) is 1.82. The predicted molar refractivity (Wildman–Crippen MR) is 89.7 cm³/mol. The van der Waals surface area contributed by atoms with Crippen molar-refractivity contribution < 1.29 is 14.2 Å². The van der Waals surface area contributed by atoms with E-state index in [1.165, 1.54) is 0 Å². The molecule has 2 N–H and O–H groups in total. The van der Waals surface area contributed by atoms with E-state index in [9.17, 15) is 0 Å². The largest absolute Gasteiger partial charge is 0.495 e. The topological polar surface area (TPSA) is 92.4 Å². The molecular weight excluding hydrogens is 332 g/mol. The van der Waals surface area contributed by atoms with Crippen LogP contribution in [0, 0.1) is 0 Å². The highest BCUT2D eigenvalue weighted by molar-refractivity contribution is 6.35. The summed E-state index contributed by atoms with van der Waals surface area (Å²) in [6.45, 7) is 0.908. The molecule has 24 heavy (non-hydrogen) atoms. The van der Waals surface area contributed by atoms with Crippen LogP contribution in [-0.4, -0.2) is 35.3 Å². The quantitative estimate of drug-likeness (QED) is 0.764. The first kappa shape index (κ1) is 14.8. The van der Waals surface area contributed by atoms with Gasteiger partial charge in [-0.05, 0) is 6.07 Å². The molecule has 1 aromatic carbocycles. The van der Waals surface area contributed by atoms with Gasteiger partial charge in [-0.2, -0.15) is 0 Å². The lowest BCUT2D eigenvalue weighted by atomic mass is 10.1. The predicted octanol–water partition coefficient (Wildman–Crippen LogP) is 2.71. The number of pyridine rings is 1. The summed E-state index contributed by atoms with van der Waals surface area (Å²) < 4.78 is 16.8. The van der Waals surface area contributed by atoms with Gasteiger partial charge in [-0.25, -0.2) is 9.97 Å². The Morgan fingerprint density at radius 1 is 1.17 bits per heavy atom. The Labute approximate surface area is 142 Å². The molecule has 3 heterocycles. The number of hydrogen-bond donors (Lipinski definition) is 1. The van der Waals surface area contributed by atoms with Gasteiger partial charge < -0.3 is 19.9 Å².